The summed E-state index contributed by atoms with van der Waals surface area (Å²) in [5.74, 6) is -6.57. The average Bonchev–Trinajstić information content (AvgIpc) is 1.44. The molecule has 2 aromatic heterocycles. The number of aryl methyl sites for hydroxylation is 2. The van der Waals surface area contributed by atoms with Crippen molar-refractivity contribution >= 4 is 89.7 Å². The molecule has 8 atom stereocenters. The van der Waals surface area contributed by atoms with Crippen LogP contribution in [0.2, 0.25) is 0 Å². The molecule has 1 unspecified atom stereocenters. The number of fused-ring (bicyclic) bond motifs is 1. The molecule has 564 valence electrons. The summed E-state index contributed by atoms with van der Waals surface area (Å²) in [5, 5.41) is 24.5. The zero-order valence-corrected chi connectivity index (χ0v) is 60.8. The number of ketones is 3. The number of rotatable bonds is 44. The van der Waals surface area contributed by atoms with Crippen molar-refractivity contribution in [3.63, 3.8) is 0 Å². The van der Waals surface area contributed by atoms with E-state index in [2.05, 4.69) is 41.5 Å². The van der Waals surface area contributed by atoms with Crippen molar-refractivity contribution in [3.05, 3.63) is 84.1 Å². The number of hydrogen-bond donors (Lipinski definition) is 9. The molecule has 0 spiro atoms. The molecule has 1 saturated heterocycles. The number of nitrogens with two attached hydrogens (primary N) is 1. The molecule has 2 aromatic carbocycles. The van der Waals surface area contributed by atoms with Gasteiger partial charge in [-0.15, -0.1) is 0 Å². The number of phosphoric ester groups is 1. The number of aliphatic hydroxyl groups is 1. The van der Waals surface area contributed by atoms with Crippen LogP contribution in [0.1, 0.15) is 153 Å². The molecule has 31 nitrogen and oxygen atoms in total. The molecule has 32 heteroatoms. The van der Waals surface area contributed by atoms with Gasteiger partial charge in [0.2, 0.25) is 41.4 Å². The van der Waals surface area contributed by atoms with E-state index in [1.807, 2.05) is 55.7 Å². The van der Waals surface area contributed by atoms with Crippen molar-refractivity contribution in [3.8, 4) is 5.75 Å². The average molecular weight is 1460 g/mol. The molecule has 0 radical (unpaired) electrons. The zero-order valence-electron chi connectivity index (χ0n) is 59.9. The van der Waals surface area contributed by atoms with Crippen LogP contribution in [0.3, 0.4) is 0 Å². The van der Waals surface area contributed by atoms with E-state index in [4.69, 9.17) is 29.5 Å². The maximum absolute atomic E-state index is 14.5. The number of phosphoric acid groups is 1. The van der Waals surface area contributed by atoms with E-state index in [0.29, 0.717) is 91.8 Å². The fourth-order valence-electron chi connectivity index (χ4n) is 13.3. The Labute approximate surface area is 600 Å². The number of nitrogens with one attached hydrogen (secondary N) is 5. The van der Waals surface area contributed by atoms with Gasteiger partial charge in [0.1, 0.15) is 36.2 Å². The molecule has 2 aliphatic heterocycles. The lowest BCUT2D eigenvalue weighted by Crippen LogP contribution is -2.55. The monoisotopic (exact) mass is 1460 g/mol. The highest BCUT2D eigenvalue weighted by molar-refractivity contribution is 7.46. The van der Waals surface area contributed by atoms with E-state index in [9.17, 15) is 67.4 Å². The topological polar surface area (TPSA) is 425 Å². The number of nitrogens with zero attached hydrogens (tertiary/aromatic N) is 7. The second-order valence-corrected chi connectivity index (χ2v) is 28.1. The Morgan fingerprint density at radius 3 is 2.24 bits per heavy atom. The van der Waals surface area contributed by atoms with Crippen LogP contribution in [0.25, 0.3) is 0 Å². The smallest absolute Gasteiger partial charge is 0.469 e. The number of likely N-dealkylation sites (N-methyl/N-ethyl adjacent to an activating group) is 1. The van der Waals surface area contributed by atoms with Crippen LogP contribution in [-0.4, -0.2) is 201 Å². The van der Waals surface area contributed by atoms with Crippen LogP contribution in [-0.2, 0) is 81.1 Å². The summed E-state index contributed by atoms with van der Waals surface area (Å²) < 4.78 is 35.3. The van der Waals surface area contributed by atoms with E-state index in [1.165, 1.54) is 18.9 Å². The third kappa shape index (κ3) is 24.5. The number of likely N-dealkylation sites (tertiary alicyclic amines) is 1. The van der Waals surface area contributed by atoms with Gasteiger partial charge in [-0.3, -0.25) is 52.5 Å². The molecule has 2 fully saturated rings. The number of imidazole rings is 1. The molecule has 1 saturated carbocycles. The molecule has 1 aliphatic carbocycles. The number of aliphatic hydroxyl groups excluding tert-OH is 1. The summed E-state index contributed by atoms with van der Waals surface area (Å²) in [6.07, 6.45) is 9.79. The first-order valence-electron chi connectivity index (χ1n) is 35.4. The summed E-state index contributed by atoms with van der Waals surface area (Å²) in [6, 6.07) is 9.73. The fourth-order valence-corrected chi connectivity index (χ4v) is 13.9. The number of carbonyl (C=O) groups excluding carboxylic acids is 10. The van der Waals surface area contributed by atoms with Crippen molar-refractivity contribution in [1.29, 1.82) is 0 Å². The van der Waals surface area contributed by atoms with Crippen molar-refractivity contribution in [2.75, 3.05) is 75.4 Å². The number of carbonyl (C=O) groups is 10. The molecule has 7 amide bonds. The number of anilines is 4. The van der Waals surface area contributed by atoms with Crippen molar-refractivity contribution in [2.45, 2.75) is 193 Å². The molecule has 3 aliphatic rings. The van der Waals surface area contributed by atoms with E-state index >= 15 is 0 Å². The van der Waals surface area contributed by atoms with E-state index < -0.39 is 105 Å². The number of amides is 7. The quantitative estimate of drug-likeness (QED) is 0.0220. The Morgan fingerprint density at radius 1 is 0.835 bits per heavy atom. The van der Waals surface area contributed by atoms with Crippen LogP contribution in [0.5, 0.6) is 5.75 Å². The number of ether oxygens (including phenoxy) is 3. The van der Waals surface area contributed by atoms with E-state index in [1.54, 1.807) is 48.9 Å². The maximum atomic E-state index is 14.5. The molecule has 7 rings (SSSR count). The van der Waals surface area contributed by atoms with E-state index in [-0.39, 0.29) is 106 Å². The highest BCUT2D eigenvalue weighted by atomic mass is 31.2. The molecule has 4 heterocycles. The molecule has 10 N–H and O–H groups in total. The Kier molecular flexibility index (Phi) is 31.7. The Hall–Kier alpha value is -8.58. The lowest BCUT2D eigenvalue weighted by Gasteiger charge is -2.43. The highest BCUT2D eigenvalue weighted by Crippen LogP contribution is 2.41. The molecule has 0 bridgehead atoms. The lowest BCUT2D eigenvalue weighted by atomic mass is 9.88. The normalized spacial score (nSPS) is 17.2. The first kappa shape index (κ1) is 81.7. The number of methoxy groups -OCH3 is 1. The van der Waals surface area contributed by atoms with Gasteiger partial charge in [-0.05, 0) is 107 Å². The summed E-state index contributed by atoms with van der Waals surface area (Å²) in [4.78, 5) is 173. The molecule has 4 aromatic rings. The SMILES string of the molecule is CC[C@@H]1C(=O)N(C)c2cnc(Nc3ccc(C(=O)NCCCC[C@H](NC(=O)COCCOCCCC(=O)C(NC(=O)[C@H](CO)CC(=O)[C@H](Cc4cn(CCc5ccccc5)cn4)NC(=O)[C@@H](CC(=O)[C@@H]4CCCN4C(C)=O)CC(C)C)[C@H](C)OP(=O)(O)O)C(N)=O)cc3OC)nc2N1C1CCCC1. The van der Waals surface area contributed by atoms with Crippen LogP contribution >= 0.6 is 7.82 Å². The zero-order chi connectivity index (χ0) is 74.9. The predicted octanol–water partition coefficient (Wildman–Crippen LogP) is 4.33. The second kappa shape index (κ2) is 39.9. The third-order valence-electron chi connectivity index (χ3n) is 18.7. The van der Waals surface area contributed by atoms with Gasteiger partial charge in [-0.25, -0.2) is 14.5 Å². The number of benzene rings is 2. The van der Waals surface area contributed by atoms with Gasteiger partial charge >= 0.3 is 7.82 Å². The van der Waals surface area contributed by atoms with Gasteiger partial charge in [0, 0.05) is 89.6 Å². The summed E-state index contributed by atoms with van der Waals surface area (Å²) >= 11 is 0. The molecular formula is C71H102N13O18P. The highest BCUT2D eigenvalue weighted by Gasteiger charge is 2.42. The van der Waals surface area contributed by atoms with Gasteiger partial charge in [-0.1, -0.05) is 63.9 Å². The predicted molar refractivity (Wildman–Crippen MR) is 379 cm³/mol. The number of unbranched alkanes of at least 4 members (excludes halogenated alkanes) is 1. The molecule has 103 heavy (non-hydrogen) atoms. The lowest BCUT2D eigenvalue weighted by molar-refractivity contribution is -0.138. The van der Waals surface area contributed by atoms with Gasteiger partial charge in [0.25, 0.3) is 5.91 Å². The number of aromatic nitrogens is 4. The maximum Gasteiger partial charge on any atom is 0.469 e. The third-order valence-corrected chi connectivity index (χ3v) is 19.3. The summed E-state index contributed by atoms with van der Waals surface area (Å²) in [6.45, 7) is 7.90. The second-order valence-electron chi connectivity index (χ2n) is 26.9. The van der Waals surface area contributed by atoms with Crippen molar-refractivity contribution in [2.24, 2.45) is 23.5 Å². The number of hydrogen-bond acceptors (Lipinski definition) is 21. The number of primary amides is 1. The fraction of sp³-hybridized carbons (Fsp3) is 0.592. The van der Waals surface area contributed by atoms with Crippen LogP contribution in [0.4, 0.5) is 23.1 Å². The number of Topliss-reactive ketones (excluding diaryl/α,β-unsaturated/α-hetero) is 3. The van der Waals surface area contributed by atoms with Gasteiger partial charge in [0.05, 0.1) is 74.9 Å². The van der Waals surface area contributed by atoms with E-state index in [0.717, 1.165) is 38.2 Å². The first-order valence-corrected chi connectivity index (χ1v) is 37.0. The Balaban J connectivity index is 0.844. The van der Waals surface area contributed by atoms with Crippen LogP contribution in [0, 0.1) is 17.8 Å². The Morgan fingerprint density at radius 2 is 1.56 bits per heavy atom. The van der Waals surface area contributed by atoms with Gasteiger partial charge in [0.15, 0.2) is 23.2 Å². The van der Waals surface area contributed by atoms with Crippen LogP contribution in [0.15, 0.2) is 67.3 Å². The van der Waals surface area contributed by atoms with Gasteiger partial charge < -0.3 is 80.7 Å². The minimum absolute atomic E-state index is 0.0101. The van der Waals surface area contributed by atoms with Crippen molar-refractivity contribution in [1.82, 2.24) is 45.7 Å². The minimum Gasteiger partial charge on any atom is -0.495 e. The first-order chi connectivity index (χ1) is 49.2. The van der Waals surface area contributed by atoms with Gasteiger partial charge in [-0.2, -0.15) is 4.98 Å². The molecular weight excluding hydrogens is 1350 g/mol. The minimum atomic E-state index is -5.25. The summed E-state index contributed by atoms with van der Waals surface area (Å²) in [7, 11) is -2.03. The summed E-state index contributed by atoms with van der Waals surface area (Å²) in [5.41, 5.74) is 8.57. The largest absolute Gasteiger partial charge is 0.495 e. The van der Waals surface area contributed by atoms with Crippen LogP contribution < -0.4 is 46.9 Å². The Bertz CT molecular complexity index is 3610. The van der Waals surface area contributed by atoms with Crippen molar-refractivity contribution < 1.29 is 86.1 Å². The standard InChI is InChI=1S/C71H102N13O18P/c1-8-56-70(95)81(6)58-39-74-71(80-66(58)84(56)52-20-12-13-21-52)78-53-26-25-48(37-62(53)99-7)67(92)73-28-15-14-22-54(65(72)91)76-63(90)42-101-33-32-100-31-17-24-59(87)64(45(4)102-103(96,97)98)79-69(94)50(41-85)36-60(88)55(38-51-40-82(43-75-51)30-27-47-18-10-9-11-19-47)77-68(93)49(34-44(2)3)35-61(89)57-23-16-29-83(57)46(5)86/h9-11,18-19,25-26,37,39-40,43-45,49-50,52,54-57,64,85H,8,12-17,20-24,27-36,38,41-42H2,1-7H3,(H2,72,91)(H,73,92)(H,76,90)(H,77,93)(H,79,94)(H,74,78,80)(H2,96,97,98)/t45-,49+,50-,54-,55-,56+,57-,64?/m0/s1.